The van der Waals surface area contributed by atoms with E-state index in [-0.39, 0.29) is 0 Å². The van der Waals surface area contributed by atoms with E-state index < -0.39 is 0 Å². The van der Waals surface area contributed by atoms with Gasteiger partial charge in [-0.25, -0.2) is 0 Å². The van der Waals surface area contributed by atoms with Gasteiger partial charge in [-0.15, -0.1) is 11.3 Å². The maximum Gasteiger partial charge on any atom is 0.144 e. The minimum Gasteiger partial charge on any atom is -0.455 e. The van der Waals surface area contributed by atoms with Crippen LogP contribution in [0.2, 0.25) is 0 Å². The van der Waals surface area contributed by atoms with Crippen LogP contribution >= 0.6 is 11.3 Å². The molecule has 0 bridgehead atoms. The summed E-state index contributed by atoms with van der Waals surface area (Å²) in [6.07, 6.45) is 0. The van der Waals surface area contributed by atoms with E-state index in [0.29, 0.717) is 0 Å². The molecule has 10 aromatic rings. The monoisotopic (exact) mass is 617 g/mol. The van der Waals surface area contributed by atoms with Crippen LogP contribution in [0, 0.1) is 0 Å². The second-order valence-corrected chi connectivity index (χ2v) is 13.2. The number of furan rings is 1. The van der Waals surface area contributed by atoms with E-state index in [1.165, 1.54) is 47.5 Å². The first-order chi connectivity index (χ1) is 23.3. The standard InChI is InChI=1S/C44H27NOS/c1-2-12-33(13-3-1)45(34-22-19-29(20-23-34)32-18-17-28-9-4-5-11-31(28)27-32)38-15-8-16-39-41(38)42-40(47-39)26-25-37-36-24-21-30-10-6-7-14-35(30)43(36)46-44(37)42/h1-27H. The van der Waals surface area contributed by atoms with Crippen molar-refractivity contribution in [3.63, 3.8) is 0 Å². The zero-order valence-electron chi connectivity index (χ0n) is 25.4. The van der Waals surface area contributed by atoms with Gasteiger partial charge in [-0.05, 0) is 87.9 Å². The molecular formula is C44H27NOS. The predicted octanol–water partition coefficient (Wildman–Crippen LogP) is 13.4. The Morgan fingerprint density at radius 2 is 1.06 bits per heavy atom. The van der Waals surface area contributed by atoms with Crippen molar-refractivity contribution in [3.8, 4) is 11.1 Å². The first-order valence-corrected chi connectivity index (χ1v) is 16.7. The van der Waals surface area contributed by atoms with Gasteiger partial charge >= 0.3 is 0 Å². The van der Waals surface area contributed by atoms with Crippen LogP contribution in [0.15, 0.2) is 168 Å². The fourth-order valence-electron chi connectivity index (χ4n) is 7.21. The van der Waals surface area contributed by atoms with Crippen molar-refractivity contribution in [2.24, 2.45) is 0 Å². The van der Waals surface area contributed by atoms with Gasteiger partial charge < -0.3 is 9.32 Å². The first-order valence-electron chi connectivity index (χ1n) is 15.9. The zero-order valence-corrected chi connectivity index (χ0v) is 26.2. The van der Waals surface area contributed by atoms with Gasteiger partial charge in [0.05, 0.1) is 5.69 Å². The van der Waals surface area contributed by atoms with Gasteiger partial charge in [0.15, 0.2) is 0 Å². The normalized spacial score (nSPS) is 11.8. The lowest BCUT2D eigenvalue weighted by molar-refractivity contribution is 0.677. The Hall–Kier alpha value is -5.90. The van der Waals surface area contributed by atoms with Crippen molar-refractivity contribution in [1.29, 1.82) is 0 Å². The molecule has 0 aliphatic carbocycles. The zero-order chi connectivity index (χ0) is 30.9. The summed E-state index contributed by atoms with van der Waals surface area (Å²) in [7, 11) is 0. The van der Waals surface area contributed by atoms with Gasteiger partial charge in [0, 0.05) is 47.7 Å². The highest BCUT2D eigenvalue weighted by molar-refractivity contribution is 7.26. The number of rotatable bonds is 4. The van der Waals surface area contributed by atoms with Gasteiger partial charge in [0.2, 0.25) is 0 Å². The molecule has 47 heavy (non-hydrogen) atoms. The Morgan fingerprint density at radius 3 is 1.94 bits per heavy atom. The first kappa shape index (κ1) is 26.3. The summed E-state index contributed by atoms with van der Waals surface area (Å²) < 4.78 is 9.34. The SMILES string of the molecule is c1ccc(N(c2ccc(-c3ccc4ccccc4c3)cc2)c2cccc3sc4ccc5c6ccc7ccccc7c6oc5c4c23)cc1. The van der Waals surface area contributed by atoms with Gasteiger partial charge in [-0.1, -0.05) is 103 Å². The maximum absolute atomic E-state index is 6.87. The number of para-hydroxylation sites is 1. The molecule has 8 aromatic carbocycles. The molecule has 0 spiro atoms. The smallest absolute Gasteiger partial charge is 0.144 e. The number of benzene rings is 8. The van der Waals surface area contributed by atoms with Crippen molar-refractivity contribution < 1.29 is 4.42 Å². The summed E-state index contributed by atoms with van der Waals surface area (Å²) >= 11 is 1.83. The summed E-state index contributed by atoms with van der Waals surface area (Å²) in [5.74, 6) is 0. The molecule has 0 aliphatic rings. The largest absolute Gasteiger partial charge is 0.455 e. The van der Waals surface area contributed by atoms with Crippen LogP contribution in [0.5, 0.6) is 0 Å². The van der Waals surface area contributed by atoms with E-state index in [2.05, 4.69) is 169 Å². The molecule has 0 saturated carbocycles. The van der Waals surface area contributed by atoms with E-state index in [1.54, 1.807) is 0 Å². The molecular weight excluding hydrogens is 591 g/mol. The van der Waals surface area contributed by atoms with Crippen LogP contribution in [0.25, 0.3) is 74.8 Å². The number of fused-ring (bicyclic) bond motifs is 10. The van der Waals surface area contributed by atoms with Gasteiger partial charge in [-0.2, -0.15) is 0 Å². The summed E-state index contributed by atoms with van der Waals surface area (Å²) in [6.45, 7) is 0. The number of thiophene rings is 1. The van der Waals surface area contributed by atoms with Crippen LogP contribution in [-0.4, -0.2) is 0 Å². The third-order valence-electron chi connectivity index (χ3n) is 9.43. The molecule has 3 heteroatoms. The molecule has 0 N–H and O–H groups in total. The van der Waals surface area contributed by atoms with Gasteiger partial charge in [-0.3, -0.25) is 0 Å². The topological polar surface area (TPSA) is 16.4 Å². The third-order valence-corrected chi connectivity index (χ3v) is 10.6. The number of nitrogens with zero attached hydrogens (tertiary/aromatic N) is 1. The molecule has 0 fully saturated rings. The average molecular weight is 618 g/mol. The maximum atomic E-state index is 6.87. The predicted molar refractivity (Wildman–Crippen MR) is 202 cm³/mol. The van der Waals surface area contributed by atoms with Crippen LogP contribution in [0.4, 0.5) is 17.1 Å². The Labute approximate surface area is 275 Å². The van der Waals surface area contributed by atoms with Crippen molar-refractivity contribution in [3.05, 3.63) is 164 Å². The van der Waals surface area contributed by atoms with Gasteiger partial charge in [0.25, 0.3) is 0 Å². The summed E-state index contributed by atoms with van der Waals surface area (Å²) in [6, 6.07) is 58.9. The summed E-state index contributed by atoms with van der Waals surface area (Å²) in [5, 5.41) is 9.53. The Balaban J connectivity index is 1.20. The Kier molecular flexibility index (Phi) is 5.78. The highest BCUT2D eigenvalue weighted by Crippen LogP contribution is 2.48. The lowest BCUT2D eigenvalue weighted by Crippen LogP contribution is -2.10. The van der Waals surface area contributed by atoms with Crippen molar-refractivity contribution >= 4 is 92.1 Å². The van der Waals surface area contributed by atoms with Crippen LogP contribution in [0.1, 0.15) is 0 Å². The fourth-order valence-corrected chi connectivity index (χ4v) is 8.33. The number of hydrogen-bond donors (Lipinski definition) is 0. The molecule has 220 valence electrons. The summed E-state index contributed by atoms with van der Waals surface area (Å²) in [4.78, 5) is 2.38. The van der Waals surface area contributed by atoms with Crippen LogP contribution < -0.4 is 4.90 Å². The minimum absolute atomic E-state index is 0.951. The molecule has 10 rings (SSSR count). The van der Waals surface area contributed by atoms with Crippen LogP contribution in [0.3, 0.4) is 0 Å². The minimum atomic E-state index is 0.951. The molecule has 2 aromatic heterocycles. The van der Waals surface area contributed by atoms with Crippen molar-refractivity contribution in [1.82, 2.24) is 0 Å². The number of hydrogen-bond acceptors (Lipinski definition) is 3. The average Bonchev–Trinajstić information content (AvgIpc) is 3.71. The van der Waals surface area contributed by atoms with Crippen molar-refractivity contribution in [2.45, 2.75) is 0 Å². The van der Waals surface area contributed by atoms with E-state index in [9.17, 15) is 0 Å². The second kappa shape index (κ2) is 10.3. The second-order valence-electron chi connectivity index (χ2n) is 12.1. The van der Waals surface area contributed by atoms with Crippen LogP contribution in [-0.2, 0) is 0 Å². The number of anilines is 3. The summed E-state index contributed by atoms with van der Waals surface area (Å²) in [5.41, 5.74) is 7.67. The lowest BCUT2D eigenvalue weighted by atomic mass is 10.0. The molecule has 0 radical (unpaired) electrons. The third kappa shape index (κ3) is 4.10. The van der Waals surface area contributed by atoms with E-state index in [1.807, 2.05) is 11.3 Å². The molecule has 2 heterocycles. The molecule has 2 nitrogen and oxygen atoms in total. The Bertz CT molecular complexity index is 2790. The molecule has 0 amide bonds. The molecule has 0 atom stereocenters. The lowest BCUT2D eigenvalue weighted by Gasteiger charge is -2.26. The Morgan fingerprint density at radius 1 is 0.404 bits per heavy atom. The highest BCUT2D eigenvalue weighted by atomic mass is 32.1. The quantitative estimate of drug-likeness (QED) is 0.195. The molecule has 0 saturated heterocycles. The highest BCUT2D eigenvalue weighted by Gasteiger charge is 2.22. The molecule has 0 unspecified atom stereocenters. The van der Waals surface area contributed by atoms with E-state index >= 15 is 0 Å². The molecule has 0 aliphatic heterocycles. The van der Waals surface area contributed by atoms with Gasteiger partial charge in [0.1, 0.15) is 11.2 Å². The van der Waals surface area contributed by atoms with E-state index in [4.69, 9.17) is 4.42 Å². The van der Waals surface area contributed by atoms with E-state index in [0.717, 1.165) is 44.4 Å². The van der Waals surface area contributed by atoms with Crippen molar-refractivity contribution in [2.75, 3.05) is 4.90 Å². The fraction of sp³-hybridized carbons (Fsp3) is 0.